The van der Waals surface area contributed by atoms with Crippen molar-refractivity contribution in [1.82, 2.24) is 9.55 Å². The van der Waals surface area contributed by atoms with Crippen molar-refractivity contribution in [3.05, 3.63) is 88.5 Å². The molecule has 8 heteroatoms. The van der Waals surface area contributed by atoms with Gasteiger partial charge in [0.25, 0.3) is 11.5 Å². The third-order valence-corrected chi connectivity index (χ3v) is 4.90. The van der Waals surface area contributed by atoms with Gasteiger partial charge in [0.2, 0.25) is 0 Å². The van der Waals surface area contributed by atoms with Gasteiger partial charge in [-0.2, -0.15) is 0 Å². The van der Waals surface area contributed by atoms with Gasteiger partial charge in [-0.05, 0) is 35.9 Å². The van der Waals surface area contributed by atoms with Gasteiger partial charge in [0.15, 0.2) is 11.5 Å². The van der Waals surface area contributed by atoms with E-state index in [2.05, 4.69) is 10.3 Å². The maximum Gasteiger partial charge on any atom is 0.261 e. The van der Waals surface area contributed by atoms with Crippen molar-refractivity contribution in [2.75, 3.05) is 18.2 Å². The van der Waals surface area contributed by atoms with Gasteiger partial charge in [0.1, 0.15) is 0 Å². The Labute approximate surface area is 177 Å². The average Bonchev–Trinajstić information content (AvgIpc) is 2.77. The van der Waals surface area contributed by atoms with Crippen molar-refractivity contribution in [2.45, 2.75) is 6.54 Å². The van der Waals surface area contributed by atoms with Crippen molar-refractivity contribution >= 4 is 28.2 Å². The summed E-state index contributed by atoms with van der Waals surface area (Å²) in [7, 11) is 1.42. The van der Waals surface area contributed by atoms with E-state index < -0.39 is 0 Å². The third kappa shape index (κ3) is 4.04. The number of ether oxygens (including phenoxy) is 1. The summed E-state index contributed by atoms with van der Waals surface area (Å²) in [4.78, 5) is 29.5. The zero-order chi connectivity index (χ0) is 22.0. The topological polar surface area (TPSA) is 119 Å². The highest BCUT2D eigenvalue weighted by atomic mass is 16.5. The van der Waals surface area contributed by atoms with Crippen LogP contribution in [-0.2, 0) is 6.54 Å². The van der Waals surface area contributed by atoms with Gasteiger partial charge < -0.3 is 20.9 Å². The number of carbonyl (C=O) groups is 1. The summed E-state index contributed by atoms with van der Waals surface area (Å²) in [5.74, 6) is -0.148. The number of fused-ring (bicyclic) bond motifs is 1. The Balaban J connectivity index is 1.55. The summed E-state index contributed by atoms with van der Waals surface area (Å²) in [5.41, 5.74) is 8.31. The first-order chi connectivity index (χ1) is 15.0. The highest BCUT2D eigenvalue weighted by Crippen LogP contribution is 2.28. The number of rotatable bonds is 5. The molecule has 4 N–H and O–H groups in total. The van der Waals surface area contributed by atoms with Gasteiger partial charge in [0, 0.05) is 11.6 Å². The van der Waals surface area contributed by atoms with Crippen LogP contribution in [0.3, 0.4) is 0 Å². The predicted molar refractivity (Wildman–Crippen MR) is 119 cm³/mol. The minimum absolute atomic E-state index is 0.0780. The maximum absolute atomic E-state index is 12.8. The van der Waals surface area contributed by atoms with E-state index >= 15 is 0 Å². The smallest absolute Gasteiger partial charge is 0.261 e. The summed E-state index contributed by atoms with van der Waals surface area (Å²) in [6.07, 6.45) is 1.43. The Bertz CT molecular complexity index is 1330. The first-order valence-electron chi connectivity index (χ1n) is 9.47. The van der Waals surface area contributed by atoms with Crippen LogP contribution in [0, 0.1) is 0 Å². The van der Waals surface area contributed by atoms with Crippen molar-refractivity contribution in [3.8, 4) is 11.5 Å². The second kappa shape index (κ2) is 8.19. The molecule has 1 amide bonds. The number of para-hydroxylation sites is 2. The Morgan fingerprint density at radius 2 is 1.90 bits per heavy atom. The van der Waals surface area contributed by atoms with Crippen LogP contribution in [0.1, 0.15) is 15.9 Å². The number of amides is 1. The van der Waals surface area contributed by atoms with Crippen molar-refractivity contribution in [3.63, 3.8) is 0 Å². The number of phenolic OH excluding ortho intramolecular Hbond substituents is 1. The van der Waals surface area contributed by atoms with Gasteiger partial charge >= 0.3 is 0 Å². The number of nitrogens with two attached hydrogens (primary N) is 1. The van der Waals surface area contributed by atoms with Gasteiger partial charge in [-0.25, -0.2) is 4.98 Å². The summed E-state index contributed by atoms with van der Waals surface area (Å²) in [6, 6.07) is 16.8. The molecule has 31 heavy (non-hydrogen) atoms. The number of methoxy groups -OCH3 is 1. The van der Waals surface area contributed by atoms with Crippen molar-refractivity contribution < 1.29 is 14.6 Å². The Kier molecular flexibility index (Phi) is 5.28. The number of carbonyl (C=O) groups excluding carboxylic acids is 1. The first kappa shape index (κ1) is 20.0. The lowest BCUT2D eigenvalue weighted by atomic mass is 10.1. The van der Waals surface area contributed by atoms with Crippen LogP contribution >= 0.6 is 0 Å². The number of aromatic hydroxyl groups is 1. The van der Waals surface area contributed by atoms with Crippen LogP contribution in [0.4, 0.5) is 11.4 Å². The van der Waals surface area contributed by atoms with Gasteiger partial charge in [-0.15, -0.1) is 0 Å². The lowest BCUT2D eigenvalue weighted by Gasteiger charge is -2.10. The minimum atomic E-state index is -0.277. The maximum atomic E-state index is 12.8. The van der Waals surface area contributed by atoms with Crippen molar-refractivity contribution in [2.24, 2.45) is 0 Å². The number of hydrogen-bond acceptors (Lipinski definition) is 6. The average molecular weight is 416 g/mol. The van der Waals surface area contributed by atoms with Crippen LogP contribution in [0.25, 0.3) is 10.9 Å². The molecular weight excluding hydrogens is 396 g/mol. The molecule has 0 saturated heterocycles. The number of benzene rings is 3. The van der Waals surface area contributed by atoms with E-state index in [0.29, 0.717) is 27.8 Å². The minimum Gasteiger partial charge on any atom is -0.504 e. The quantitative estimate of drug-likeness (QED) is 0.430. The van der Waals surface area contributed by atoms with E-state index in [1.807, 2.05) is 0 Å². The molecule has 0 radical (unpaired) electrons. The predicted octanol–water partition coefficient (Wildman–Crippen LogP) is 2.99. The molecular formula is C23H20N4O4. The molecule has 1 aromatic heterocycles. The monoisotopic (exact) mass is 416 g/mol. The molecule has 0 unspecified atom stereocenters. The Hall–Kier alpha value is -4.33. The highest BCUT2D eigenvalue weighted by molar-refractivity contribution is 6.05. The fraction of sp³-hybridized carbons (Fsp3) is 0.0870. The molecule has 0 bridgehead atoms. The zero-order valence-electron chi connectivity index (χ0n) is 16.7. The van der Waals surface area contributed by atoms with Gasteiger partial charge in [-0.3, -0.25) is 14.2 Å². The van der Waals surface area contributed by atoms with E-state index in [1.54, 1.807) is 48.5 Å². The molecule has 0 aliphatic carbocycles. The van der Waals surface area contributed by atoms with Gasteiger partial charge in [-0.1, -0.05) is 24.3 Å². The number of hydrogen-bond donors (Lipinski definition) is 3. The highest BCUT2D eigenvalue weighted by Gasteiger charge is 2.11. The van der Waals surface area contributed by atoms with Crippen LogP contribution in [0.2, 0.25) is 0 Å². The third-order valence-electron chi connectivity index (χ3n) is 4.90. The number of anilines is 2. The standard InChI is InChI=1S/C23H20N4O4/c1-31-21-10-16-19(11-20(21)28)25-13-27(23(16)30)12-14-6-8-15(9-7-14)22(29)26-18-5-3-2-4-17(18)24/h2-11,13,28H,12,24H2,1H3,(H,26,29). The van der Waals surface area contributed by atoms with E-state index in [1.165, 1.54) is 30.1 Å². The van der Waals surface area contributed by atoms with Crippen LogP contribution in [-0.4, -0.2) is 27.7 Å². The molecule has 0 aliphatic rings. The molecule has 0 saturated carbocycles. The summed E-state index contributed by atoms with van der Waals surface area (Å²) in [5, 5.41) is 13.0. The normalized spacial score (nSPS) is 10.7. The first-order valence-corrected chi connectivity index (χ1v) is 9.47. The van der Waals surface area contributed by atoms with Crippen LogP contribution in [0.5, 0.6) is 11.5 Å². The number of aromatic nitrogens is 2. The molecule has 3 aromatic carbocycles. The molecule has 8 nitrogen and oxygen atoms in total. The lowest BCUT2D eigenvalue weighted by molar-refractivity contribution is 0.102. The fourth-order valence-corrected chi connectivity index (χ4v) is 3.21. The molecule has 0 spiro atoms. The van der Waals surface area contributed by atoms with E-state index in [-0.39, 0.29) is 29.5 Å². The molecule has 1 heterocycles. The van der Waals surface area contributed by atoms with Gasteiger partial charge in [0.05, 0.1) is 42.3 Å². The van der Waals surface area contributed by atoms with E-state index in [9.17, 15) is 14.7 Å². The molecule has 0 atom stereocenters. The van der Waals surface area contributed by atoms with Crippen molar-refractivity contribution in [1.29, 1.82) is 0 Å². The second-order valence-corrected chi connectivity index (χ2v) is 6.96. The largest absolute Gasteiger partial charge is 0.504 e. The fourth-order valence-electron chi connectivity index (χ4n) is 3.21. The zero-order valence-corrected chi connectivity index (χ0v) is 16.7. The second-order valence-electron chi connectivity index (χ2n) is 6.96. The lowest BCUT2D eigenvalue weighted by Crippen LogP contribution is -2.21. The number of nitrogens with zero attached hydrogens (tertiary/aromatic N) is 2. The molecule has 0 fully saturated rings. The molecule has 4 rings (SSSR count). The summed E-state index contributed by atoms with van der Waals surface area (Å²) >= 11 is 0. The molecule has 0 aliphatic heterocycles. The summed E-state index contributed by atoms with van der Waals surface area (Å²) < 4.78 is 6.54. The van der Waals surface area contributed by atoms with Crippen LogP contribution < -0.4 is 21.3 Å². The van der Waals surface area contributed by atoms with E-state index in [0.717, 1.165) is 5.56 Å². The summed E-state index contributed by atoms with van der Waals surface area (Å²) in [6.45, 7) is 0.276. The number of phenols is 1. The SMILES string of the molecule is COc1cc2c(=O)n(Cc3ccc(C(=O)Nc4ccccc4N)cc3)cnc2cc1O. The Morgan fingerprint density at radius 3 is 2.61 bits per heavy atom. The number of nitrogens with one attached hydrogen (secondary N) is 1. The van der Waals surface area contributed by atoms with Crippen LogP contribution in [0.15, 0.2) is 71.8 Å². The molecule has 156 valence electrons. The molecule has 4 aromatic rings. The van der Waals surface area contributed by atoms with E-state index in [4.69, 9.17) is 10.5 Å². The number of nitrogen functional groups attached to an aromatic ring is 1. The Morgan fingerprint density at radius 1 is 1.16 bits per heavy atom.